The number of allylic oxidation sites excluding steroid dienone is 3. The van der Waals surface area contributed by atoms with Gasteiger partial charge in [-0.05, 0) is 0 Å². The average molecular weight is 762 g/mol. The predicted octanol–water partition coefficient (Wildman–Crippen LogP) is 11.0. The van der Waals surface area contributed by atoms with E-state index in [0.29, 0.717) is 4.28 Å². The summed E-state index contributed by atoms with van der Waals surface area (Å²) < 4.78 is 2.31. The molecular formula is C35H72GeSi7. The van der Waals surface area contributed by atoms with Crippen LogP contribution in [0, 0.1) is 0 Å². The van der Waals surface area contributed by atoms with E-state index >= 15 is 0 Å². The Morgan fingerprint density at radius 3 is 1.02 bits per heavy atom. The van der Waals surface area contributed by atoms with Crippen LogP contribution in [-0.2, 0) is 4.28 Å². The summed E-state index contributed by atoms with van der Waals surface area (Å²) in [4.78, 5) is 5.39. The van der Waals surface area contributed by atoms with Crippen LogP contribution in [0.25, 0.3) is 0 Å². The summed E-state index contributed by atoms with van der Waals surface area (Å²) in [6, 6.07) is 5.94. The standard InChI is InChI=1S/C35H72GeSi7/c1-37(2,3)33(38(4,5)6)30-27-29(35(41(13,14)15,42(16,17)18)43(19,20)21)28-31(32(30)36-25-23-22-24-26-36)34(39(7,8)9)40(10,11)12/h22-28,33-34H,1-21H3. The quantitative estimate of drug-likeness (QED) is 0.197. The van der Waals surface area contributed by atoms with Crippen LogP contribution in [0.1, 0.15) is 27.0 Å². The molecule has 2 rings (SSSR count). The molecule has 0 radical (unpaired) electrons. The zero-order valence-electron chi connectivity index (χ0n) is 32.7. The van der Waals surface area contributed by atoms with Gasteiger partial charge in [-0.1, -0.05) is 0 Å². The zero-order valence-corrected chi connectivity index (χ0v) is 41.8. The Bertz CT molecular complexity index is 1140. The minimum absolute atomic E-state index is 0.401. The van der Waals surface area contributed by atoms with Gasteiger partial charge in [-0.2, -0.15) is 0 Å². The minimum atomic E-state index is -1.80. The molecule has 0 spiro atoms. The molecule has 0 saturated heterocycles. The summed E-state index contributed by atoms with van der Waals surface area (Å²) in [5, 5.41) is 1.54. The van der Waals surface area contributed by atoms with Crippen molar-refractivity contribution in [2.24, 2.45) is 0 Å². The van der Waals surface area contributed by atoms with Crippen molar-refractivity contribution in [1.29, 1.82) is 0 Å². The maximum atomic E-state index is 2.97. The van der Waals surface area contributed by atoms with Gasteiger partial charge in [0.25, 0.3) is 0 Å². The Morgan fingerprint density at radius 2 is 0.791 bits per heavy atom. The first kappa shape index (κ1) is 39.8. The molecule has 1 heterocycles. The molecule has 1 aliphatic rings. The van der Waals surface area contributed by atoms with Crippen molar-refractivity contribution in [3.63, 3.8) is 0 Å². The number of rotatable bonds is 11. The van der Waals surface area contributed by atoms with Crippen molar-refractivity contribution in [1.82, 2.24) is 0 Å². The Labute approximate surface area is 281 Å². The predicted molar refractivity (Wildman–Crippen MR) is 227 cm³/mol. The van der Waals surface area contributed by atoms with Gasteiger partial charge in [-0.15, -0.1) is 0 Å². The molecule has 0 fully saturated rings. The van der Waals surface area contributed by atoms with E-state index in [2.05, 4.69) is 178 Å². The molecule has 8 heteroatoms. The van der Waals surface area contributed by atoms with Crippen LogP contribution >= 0.6 is 0 Å². The Balaban J connectivity index is 3.56. The topological polar surface area (TPSA) is 0 Å². The molecule has 0 aliphatic carbocycles. The van der Waals surface area contributed by atoms with Gasteiger partial charge in [-0.25, -0.2) is 0 Å². The second-order valence-corrected chi connectivity index (χ2v) is 65.2. The van der Waals surface area contributed by atoms with E-state index in [1.54, 1.807) is 0 Å². The van der Waals surface area contributed by atoms with E-state index in [0.717, 1.165) is 10.3 Å². The van der Waals surface area contributed by atoms with Gasteiger partial charge in [0.15, 0.2) is 0 Å². The number of hydrogen-bond donors (Lipinski definition) is 0. The first-order valence-corrected chi connectivity index (χ1v) is 45.3. The first-order chi connectivity index (χ1) is 18.8. The molecule has 0 amide bonds. The third-order valence-corrected chi connectivity index (χ3v) is 54.6. The van der Waals surface area contributed by atoms with E-state index in [9.17, 15) is 0 Å². The van der Waals surface area contributed by atoms with Crippen molar-refractivity contribution in [3.8, 4) is 0 Å². The van der Waals surface area contributed by atoms with Gasteiger partial charge in [0.05, 0.1) is 0 Å². The molecular weight excluding hydrogens is 690 g/mol. The van der Waals surface area contributed by atoms with E-state index in [4.69, 9.17) is 0 Å². The Morgan fingerprint density at radius 1 is 0.465 bits per heavy atom. The van der Waals surface area contributed by atoms with Crippen molar-refractivity contribution in [2.75, 3.05) is 0 Å². The number of hydrogen-bond acceptors (Lipinski definition) is 0. The Kier molecular flexibility index (Phi) is 11.6. The SMILES string of the molecule is C[Si](C)(C)C(c1cc(C([Si](C)(C)C)([Si](C)(C)C)[Si](C)(C)C)cc(C([Si](C)(C)C)[Si](C)(C)C)[c]1[Ge]1=[CH]C=CC=[CH]1)[Si](C)(C)C. The van der Waals surface area contributed by atoms with Gasteiger partial charge in [0.2, 0.25) is 0 Å². The molecule has 43 heavy (non-hydrogen) atoms. The zero-order chi connectivity index (χ0) is 34.0. The second-order valence-electron chi connectivity index (χ2n) is 21.2. The summed E-state index contributed by atoms with van der Waals surface area (Å²) >= 11 is -1.80. The summed E-state index contributed by atoms with van der Waals surface area (Å²) in [5.41, 5.74) is 5.58. The van der Waals surface area contributed by atoms with Crippen LogP contribution in [0.4, 0.5) is 0 Å². The van der Waals surface area contributed by atoms with Crippen LogP contribution in [0.15, 0.2) is 35.3 Å². The summed E-state index contributed by atoms with van der Waals surface area (Å²) in [5.74, 6) is 0. The third kappa shape index (κ3) is 8.03. The molecule has 1 aromatic rings. The second kappa shape index (κ2) is 12.6. The van der Waals surface area contributed by atoms with Gasteiger partial charge >= 0.3 is 284 Å². The Hall–Kier alpha value is 0.631. The fourth-order valence-corrected chi connectivity index (χ4v) is 72.7. The summed E-state index contributed by atoms with van der Waals surface area (Å²) in [6.07, 6.45) is 7.09. The van der Waals surface area contributed by atoms with Crippen LogP contribution < -0.4 is 4.40 Å². The first-order valence-electron chi connectivity index (χ1n) is 17.0. The van der Waals surface area contributed by atoms with Crippen LogP contribution in [0.3, 0.4) is 0 Å². The van der Waals surface area contributed by atoms with Crippen molar-refractivity contribution < 1.29 is 0 Å². The maximum absolute atomic E-state index is 2.97. The molecule has 1 aliphatic heterocycles. The fourth-order valence-electron chi connectivity index (χ4n) is 11.4. The fraction of sp³-hybridized carbons (Fsp3) is 0.686. The molecule has 0 saturated carbocycles. The van der Waals surface area contributed by atoms with Crippen LogP contribution in [0.5, 0.6) is 0 Å². The van der Waals surface area contributed by atoms with Gasteiger partial charge < -0.3 is 0 Å². The van der Waals surface area contributed by atoms with E-state index < -0.39 is 70.4 Å². The number of benzene rings is 1. The van der Waals surface area contributed by atoms with E-state index in [1.165, 1.54) is 0 Å². The van der Waals surface area contributed by atoms with Crippen molar-refractivity contribution >= 4 is 79.7 Å². The monoisotopic (exact) mass is 762 g/mol. The third-order valence-electron chi connectivity index (χ3n) is 10.2. The van der Waals surface area contributed by atoms with Gasteiger partial charge in [0, 0.05) is 0 Å². The average Bonchev–Trinajstić information content (AvgIpc) is 2.67. The van der Waals surface area contributed by atoms with Crippen molar-refractivity contribution in [2.45, 2.75) is 152 Å². The molecule has 0 nitrogen and oxygen atoms in total. The molecule has 0 atom stereocenters. The molecule has 1 aromatic carbocycles. The van der Waals surface area contributed by atoms with Gasteiger partial charge in [0.1, 0.15) is 0 Å². The van der Waals surface area contributed by atoms with Gasteiger partial charge in [-0.3, -0.25) is 0 Å². The molecule has 0 bridgehead atoms. The van der Waals surface area contributed by atoms with Crippen LogP contribution in [-0.4, -0.2) is 75.3 Å². The summed E-state index contributed by atoms with van der Waals surface area (Å²) in [6.45, 7) is 57.2. The van der Waals surface area contributed by atoms with E-state index in [-0.39, 0.29) is 0 Å². The van der Waals surface area contributed by atoms with Crippen molar-refractivity contribution in [3.05, 3.63) is 52.0 Å². The summed E-state index contributed by atoms with van der Waals surface area (Å²) in [7, 11) is -11.1. The molecule has 244 valence electrons. The molecule has 0 N–H and O–H groups in total. The molecule has 0 aromatic heterocycles. The van der Waals surface area contributed by atoms with Crippen LogP contribution in [0.2, 0.25) is 137 Å². The molecule has 0 unspecified atom stereocenters. The van der Waals surface area contributed by atoms with E-state index in [1.807, 2.05) is 21.1 Å². The normalized spacial score (nSPS) is 16.4.